The fourth-order valence-corrected chi connectivity index (χ4v) is 1.94. The predicted octanol–water partition coefficient (Wildman–Crippen LogP) is 2.62. The van der Waals surface area contributed by atoms with Gasteiger partial charge in [0.15, 0.2) is 5.69 Å². The van der Waals surface area contributed by atoms with E-state index in [1.165, 1.54) is 6.20 Å². The molecular formula is C12H14F3N3O. The standard InChI is InChI=1S/C12H14F3N3O/c1-3-4-5-17-8(2)7-18-10(19)6-9(12(13,14)15)16-11(17)18/h6-7H,3-5H2,1-2H3. The van der Waals surface area contributed by atoms with Crippen LogP contribution in [0, 0.1) is 6.92 Å². The summed E-state index contributed by atoms with van der Waals surface area (Å²) in [4.78, 5) is 15.3. The van der Waals surface area contributed by atoms with Gasteiger partial charge < -0.3 is 4.57 Å². The molecule has 19 heavy (non-hydrogen) atoms. The summed E-state index contributed by atoms with van der Waals surface area (Å²) in [6.07, 6.45) is -1.37. The molecule has 0 saturated heterocycles. The van der Waals surface area contributed by atoms with Crippen LogP contribution in [0.5, 0.6) is 0 Å². The third-order valence-electron chi connectivity index (χ3n) is 2.94. The molecule has 0 unspecified atom stereocenters. The molecule has 0 spiro atoms. The predicted molar refractivity (Wildman–Crippen MR) is 64.1 cm³/mol. The number of aryl methyl sites for hydroxylation is 2. The van der Waals surface area contributed by atoms with Gasteiger partial charge in [0.2, 0.25) is 5.78 Å². The molecule has 0 radical (unpaired) electrons. The highest BCUT2D eigenvalue weighted by atomic mass is 19.4. The van der Waals surface area contributed by atoms with Crippen molar-refractivity contribution in [2.24, 2.45) is 0 Å². The molecule has 2 heterocycles. The summed E-state index contributed by atoms with van der Waals surface area (Å²) >= 11 is 0. The largest absolute Gasteiger partial charge is 0.433 e. The van der Waals surface area contributed by atoms with Crippen molar-refractivity contribution in [3.05, 3.63) is 34.0 Å². The monoisotopic (exact) mass is 273 g/mol. The van der Waals surface area contributed by atoms with Crippen molar-refractivity contribution < 1.29 is 13.2 Å². The summed E-state index contributed by atoms with van der Waals surface area (Å²) in [7, 11) is 0. The SMILES string of the molecule is CCCCn1c(C)cn2c(=O)cc(C(F)(F)F)nc12. The molecule has 4 nitrogen and oxygen atoms in total. The van der Waals surface area contributed by atoms with Gasteiger partial charge in [-0.1, -0.05) is 13.3 Å². The molecule has 2 rings (SSSR count). The molecule has 104 valence electrons. The summed E-state index contributed by atoms with van der Waals surface area (Å²) in [5.74, 6) is 0.0470. The van der Waals surface area contributed by atoms with Crippen LogP contribution < -0.4 is 5.56 Å². The van der Waals surface area contributed by atoms with Crippen LogP contribution in [0.4, 0.5) is 13.2 Å². The number of hydrogen-bond donors (Lipinski definition) is 0. The zero-order chi connectivity index (χ0) is 14.2. The molecule has 0 aliphatic rings. The van der Waals surface area contributed by atoms with Gasteiger partial charge in [0, 0.05) is 24.5 Å². The lowest BCUT2D eigenvalue weighted by molar-refractivity contribution is -0.141. The van der Waals surface area contributed by atoms with Crippen LogP contribution in [0.25, 0.3) is 5.78 Å². The zero-order valence-electron chi connectivity index (χ0n) is 10.7. The highest BCUT2D eigenvalue weighted by molar-refractivity contribution is 5.35. The van der Waals surface area contributed by atoms with E-state index in [-0.39, 0.29) is 5.78 Å². The van der Waals surface area contributed by atoms with E-state index in [0.29, 0.717) is 12.6 Å². The smallest absolute Gasteiger partial charge is 0.314 e. The van der Waals surface area contributed by atoms with Crippen LogP contribution in [0.15, 0.2) is 17.1 Å². The number of nitrogens with zero attached hydrogens (tertiary/aromatic N) is 3. The number of unbranched alkanes of at least 4 members (excludes halogenated alkanes) is 1. The van der Waals surface area contributed by atoms with E-state index in [9.17, 15) is 18.0 Å². The Hall–Kier alpha value is -1.79. The molecule has 0 aliphatic heterocycles. The lowest BCUT2D eigenvalue weighted by Crippen LogP contribution is -2.20. The highest BCUT2D eigenvalue weighted by Crippen LogP contribution is 2.27. The molecule has 0 saturated carbocycles. The van der Waals surface area contributed by atoms with Gasteiger partial charge in [0.05, 0.1) is 0 Å². The maximum absolute atomic E-state index is 12.7. The molecule has 2 aromatic rings. The Morgan fingerprint density at radius 1 is 1.37 bits per heavy atom. The lowest BCUT2D eigenvalue weighted by Gasteiger charge is -2.08. The van der Waals surface area contributed by atoms with Crippen molar-refractivity contribution in [1.29, 1.82) is 0 Å². The fourth-order valence-electron chi connectivity index (χ4n) is 1.94. The maximum atomic E-state index is 12.7. The van der Waals surface area contributed by atoms with Crippen molar-refractivity contribution in [2.45, 2.75) is 39.4 Å². The summed E-state index contributed by atoms with van der Waals surface area (Å²) in [6, 6.07) is 0.524. The Morgan fingerprint density at radius 3 is 2.63 bits per heavy atom. The molecule has 0 atom stereocenters. The summed E-state index contributed by atoms with van der Waals surface area (Å²) in [5.41, 5.74) is -1.14. The first-order valence-electron chi connectivity index (χ1n) is 6.01. The number of imidazole rings is 1. The number of halogens is 3. The van der Waals surface area contributed by atoms with E-state index < -0.39 is 17.4 Å². The topological polar surface area (TPSA) is 39.3 Å². The van der Waals surface area contributed by atoms with Crippen molar-refractivity contribution in [2.75, 3.05) is 0 Å². The van der Waals surface area contributed by atoms with E-state index in [0.717, 1.165) is 22.9 Å². The molecule has 2 aromatic heterocycles. The van der Waals surface area contributed by atoms with Crippen LogP contribution >= 0.6 is 0 Å². The Bertz CT molecular complexity index is 655. The minimum Gasteiger partial charge on any atom is -0.314 e. The van der Waals surface area contributed by atoms with Crippen molar-refractivity contribution in [3.8, 4) is 0 Å². The summed E-state index contributed by atoms with van der Waals surface area (Å²) in [5, 5.41) is 0. The number of rotatable bonds is 3. The average Bonchev–Trinajstić information content (AvgIpc) is 2.62. The first-order valence-corrected chi connectivity index (χ1v) is 6.01. The Labute approximate surface area is 107 Å². The normalized spacial score (nSPS) is 12.3. The average molecular weight is 273 g/mol. The van der Waals surface area contributed by atoms with Crippen LogP contribution in [0.2, 0.25) is 0 Å². The highest BCUT2D eigenvalue weighted by Gasteiger charge is 2.34. The first kappa shape index (κ1) is 13.6. The van der Waals surface area contributed by atoms with Crippen LogP contribution in [-0.2, 0) is 12.7 Å². The van der Waals surface area contributed by atoms with Gasteiger partial charge in [0.1, 0.15) is 0 Å². The van der Waals surface area contributed by atoms with E-state index in [1.807, 2.05) is 6.92 Å². The second-order valence-corrected chi connectivity index (χ2v) is 4.42. The molecule has 7 heteroatoms. The van der Waals surface area contributed by atoms with E-state index in [4.69, 9.17) is 0 Å². The Morgan fingerprint density at radius 2 is 2.05 bits per heavy atom. The summed E-state index contributed by atoms with van der Waals surface area (Å²) < 4.78 is 40.8. The molecule has 0 amide bonds. The van der Waals surface area contributed by atoms with E-state index in [2.05, 4.69) is 4.98 Å². The van der Waals surface area contributed by atoms with Crippen molar-refractivity contribution in [1.82, 2.24) is 14.0 Å². The van der Waals surface area contributed by atoms with Gasteiger partial charge in [0.25, 0.3) is 5.56 Å². The molecule has 0 aliphatic carbocycles. The van der Waals surface area contributed by atoms with Gasteiger partial charge in [-0.15, -0.1) is 0 Å². The molecular weight excluding hydrogens is 259 g/mol. The van der Waals surface area contributed by atoms with Gasteiger partial charge in [-0.2, -0.15) is 13.2 Å². The number of alkyl halides is 3. The lowest BCUT2D eigenvalue weighted by atomic mass is 10.3. The fraction of sp³-hybridized carbons (Fsp3) is 0.500. The van der Waals surface area contributed by atoms with Gasteiger partial charge >= 0.3 is 6.18 Å². The third kappa shape index (κ3) is 2.50. The first-order chi connectivity index (χ1) is 8.84. The maximum Gasteiger partial charge on any atom is 0.433 e. The van der Waals surface area contributed by atoms with Crippen LogP contribution in [-0.4, -0.2) is 14.0 Å². The Balaban J connectivity index is 2.66. The number of aromatic nitrogens is 3. The number of fused-ring (bicyclic) bond motifs is 1. The zero-order valence-corrected chi connectivity index (χ0v) is 10.7. The van der Waals surface area contributed by atoms with Crippen LogP contribution in [0.3, 0.4) is 0 Å². The molecule has 0 N–H and O–H groups in total. The van der Waals surface area contributed by atoms with Crippen molar-refractivity contribution >= 4 is 5.78 Å². The molecule has 0 aromatic carbocycles. The van der Waals surface area contributed by atoms with E-state index in [1.54, 1.807) is 11.5 Å². The summed E-state index contributed by atoms with van der Waals surface area (Å²) in [6.45, 7) is 4.28. The number of hydrogen-bond acceptors (Lipinski definition) is 2. The Kier molecular flexibility index (Phi) is 3.38. The minimum absolute atomic E-state index is 0.0470. The second kappa shape index (κ2) is 4.71. The third-order valence-corrected chi connectivity index (χ3v) is 2.94. The van der Waals surface area contributed by atoms with Gasteiger partial charge in [-0.3, -0.25) is 9.20 Å². The minimum atomic E-state index is -4.61. The second-order valence-electron chi connectivity index (χ2n) is 4.42. The van der Waals surface area contributed by atoms with Gasteiger partial charge in [-0.05, 0) is 13.3 Å². The van der Waals surface area contributed by atoms with Crippen LogP contribution in [0.1, 0.15) is 31.2 Å². The quantitative estimate of drug-likeness (QED) is 0.862. The van der Waals surface area contributed by atoms with E-state index >= 15 is 0 Å². The van der Waals surface area contributed by atoms with Gasteiger partial charge in [-0.25, -0.2) is 4.98 Å². The molecule has 0 fully saturated rings. The van der Waals surface area contributed by atoms with Crippen molar-refractivity contribution in [3.63, 3.8) is 0 Å². The molecule has 0 bridgehead atoms.